The van der Waals surface area contributed by atoms with Gasteiger partial charge in [0.2, 0.25) is 15.9 Å². The predicted molar refractivity (Wildman–Crippen MR) is 112 cm³/mol. The standard InChI is InChI=1S/C21H21ClN2O5S/c1-14-5-4-10-24(12-14)30(26,27)19-11-15(8-9-16(19)22)21(25)28-13-20-23-17-6-2-3-7-18(17)29-20/h2-3,6-9,11,14H,4-5,10,12-13H2,1H3. The summed E-state index contributed by atoms with van der Waals surface area (Å²) in [6.45, 7) is 2.73. The zero-order chi connectivity index (χ0) is 21.3. The summed E-state index contributed by atoms with van der Waals surface area (Å²) in [5, 5.41) is 0.0729. The van der Waals surface area contributed by atoms with Crippen LogP contribution >= 0.6 is 11.6 Å². The molecule has 7 nitrogen and oxygen atoms in total. The monoisotopic (exact) mass is 448 g/mol. The van der Waals surface area contributed by atoms with Crippen molar-refractivity contribution in [3.8, 4) is 0 Å². The molecule has 4 rings (SSSR count). The lowest BCUT2D eigenvalue weighted by atomic mass is 10.0. The van der Waals surface area contributed by atoms with Crippen molar-refractivity contribution < 1.29 is 22.4 Å². The number of sulfonamides is 1. The van der Waals surface area contributed by atoms with Crippen LogP contribution in [0.15, 0.2) is 51.8 Å². The lowest BCUT2D eigenvalue weighted by Gasteiger charge is -2.30. The minimum absolute atomic E-state index is 0.0729. The Morgan fingerprint density at radius 3 is 2.87 bits per heavy atom. The zero-order valence-electron chi connectivity index (χ0n) is 16.4. The first-order valence-corrected chi connectivity index (χ1v) is 11.5. The van der Waals surface area contributed by atoms with Crippen LogP contribution in [0.3, 0.4) is 0 Å². The first-order chi connectivity index (χ1) is 14.3. The van der Waals surface area contributed by atoms with Crippen LogP contribution in [0.25, 0.3) is 11.1 Å². The number of hydrogen-bond donors (Lipinski definition) is 0. The summed E-state index contributed by atoms with van der Waals surface area (Å²) in [5.74, 6) is -0.150. The topological polar surface area (TPSA) is 89.7 Å². The van der Waals surface area contributed by atoms with Crippen LogP contribution in [-0.2, 0) is 21.4 Å². The summed E-state index contributed by atoms with van der Waals surface area (Å²) >= 11 is 6.18. The Labute approximate surface area is 179 Å². The van der Waals surface area contributed by atoms with Crippen molar-refractivity contribution in [3.63, 3.8) is 0 Å². The molecule has 1 aromatic heterocycles. The molecule has 1 fully saturated rings. The highest BCUT2D eigenvalue weighted by atomic mass is 35.5. The number of para-hydroxylation sites is 2. The van der Waals surface area contributed by atoms with Gasteiger partial charge in [0.25, 0.3) is 0 Å². The molecule has 2 heterocycles. The molecule has 158 valence electrons. The molecule has 3 aromatic rings. The van der Waals surface area contributed by atoms with Crippen molar-refractivity contribution in [1.29, 1.82) is 0 Å². The number of aromatic nitrogens is 1. The summed E-state index contributed by atoms with van der Waals surface area (Å²) in [4.78, 5) is 16.7. The molecule has 1 atom stereocenters. The third-order valence-corrected chi connectivity index (χ3v) is 7.42. The predicted octanol–water partition coefficient (Wildman–Crippen LogP) is 4.26. The Balaban J connectivity index is 1.52. The van der Waals surface area contributed by atoms with Crippen LogP contribution in [0.4, 0.5) is 0 Å². The molecule has 0 bridgehead atoms. The Hall–Kier alpha value is -2.42. The minimum atomic E-state index is -3.80. The summed E-state index contributed by atoms with van der Waals surface area (Å²) in [6, 6.07) is 11.3. The number of nitrogens with zero attached hydrogens (tertiary/aromatic N) is 2. The molecular formula is C21H21ClN2O5S. The lowest BCUT2D eigenvalue weighted by Crippen LogP contribution is -2.39. The molecule has 0 N–H and O–H groups in total. The summed E-state index contributed by atoms with van der Waals surface area (Å²) in [6.07, 6.45) is 1.78. The van der Waals surface area contributed by atoms with Crippen LogP contribution in [0.5, 0.6) is 0 Å². The van der Waals surface area contributed by atoms with Crippen LogP contribution in [0.2, 0.25) is 5.02 Å². The second kappa shape index (κ2) is 8.37. The highest BCUT2D eigenvalue weighted by Gasteiger charge is 2.31. The van der Waals surface area contributed by atoms with Gasteiger partial charge in [-0.2, -0.15) is 4.31 Å². The normalized spacial score (nSPS) is 17.9. The number of halogens is 1. The van der Waals surface area contributed by atoms with E-state index in [1.165, 1.54) is 22.5 Å². The first kappa shape index (κ1) is 20.8. The van der Waals surface area contributed by atoms with Gasteiger partial charge >= 0.3 is 5.97 Å². The van der Waals surface area contributed by atoms with Crippen molar-refractivity contribution in [2.24, 2.45) is 5.92 Å². The van der Waals surface area contributed by atoms with E-state index in [0.29, 0.717) is 24.2 Å². The second-order valence-corrected chi connectivity index (χ2v) is 9.72. The Kier molecular flexibility index (Phi) is 5.81. The van der Waals surface area contributed by atoms with Gasteiger partial charge in [0.05, 0.1) is 10.6 Å². The summed E-state index contributed by atoms with van der Waals surface area (Å²) in [7, 11) is -3.80. The maximum Gasteiger partial charge on any atom is 0.338 e. The van der Waals surface area contributed by atoms with Gasteiger partial charge in [-0.05, 0) is 49.1 Å². The van der Waals surface area contributed by atoms with Gasteiger partial charge in [-0.25, -0.2) is 18.2 Å². The number of esters is 1. The molecule has 0 amide bonds. The van der Waals surface area contributed by atoms with Crippen molar-refractivity contribution in [2.45, 2.75) is 31.3 Å². The van der Waals surface area contributed by atoms with Crippen molar-refractivity contribution in [1.82, 2.24) is 9.29 Å². The fourth-order valence-corrected chi connectivity index (χ4v) is 5.62. The number of piperidine rings is 1. The number of hydrogen-bond acceptors (Lipinski definition) is 6. The number of carbonyl (C=O) groups is 1. The molecule has 1 saturated heterocycles. The fraction of sp³-hybridized carbons (Fsp3) is 0.333. The molecule has 1 aliphatic heterocycles. The second-order valence-electron chi connectivity index (χ2n) is 7.41. The fourth-order valence-electron chi connectivity index (χ4n) is 3.52. The number of rotatable bonds is 5. The molecule has 9 heteroatoms. The molecule has 0 saturated carbocycles. The Morgan fingerprint density at radius 1 is 1.30 bits per heavy atom. The van der Waals surface area contributed by atoms with Gasteiger partial charge in [0.1, 0.15) is 10.4 Å². The molecular weight excluding hydrogens is 428 g/mol. The molecule has 0 aliphatic carbocycles. The van der Waals surface area contributed by atoms with Gasteiger partial charge in [-0.1, -0.05) is 30.7 Å². The Morgan fingerprint density at radius 2 is 2.10 bits per heavy atom. The molecule has 1 aliphatic rings. The van der Waals surface area contributed by atoms with Gasteiger partial charge in [0.15, 0.2) is 12.2 Å². The van der Waals surface area contributed by atoms with Crippen molar-refractivity contribution in [2.75, 3.05) is 13.1 Å². The van der Waals surface area contributed by atoms with Crippen molar-refractivity contribution >= 4 is 38.7 Å². The van der Waals surface area contributed by atoms with Crippen molar-refractivity contribution in [3.05, 3.63) is 58.9 Å². The number of carbonyl (C=O) groups excluding carboxylic acids is 1. The van der Waals surface area contributed by atoms with E-state index in [2.05, 4.69) is 4.98 Å². The number of fused-ring (bicyclic) bond motifs is 1. The van der Waals surface area contributed by atoms with Gasteiger partial charge < -0.3 is 9.15 Å². The van der Waals surface area contributed by atoms with E-state index in [-0.39, 0.29) is 33.9 Å². The van der Waals surface area contributed by atoms with Gasteiger partial charge in [-0.3, -0.25) is 0 Å². The third kappa shape index (κ3) is 4.21. The first-order valence-electron chi connectivity index (χ1n) is 9.66. The highest BCUT2D eigenvalue weighted by Crippen LogP contribution is 2.29. The number of ether oxygens (including phenoxy) is 1. The molecule has 2 aromatic carbocycles. The van der Waals surface area contributed by atoms with Gasteiger partial charge in [-0.15, -0.1) is 0 Å². The highest BCUT2D eigenvalue weighted by molar-refractivity contribution is 7.89. The number of oxazole rings is 1. The molecule has 0 spiro atoms. The average Bonchev–Trinajstić information content (AvgIpc) is 3.15. The van der Waals surface area contributed by atoms with Crippen LogP contribution < -0.4 is 0 Å². The van der Waals surface area contributed by atoms with Crippen LogP contribution in [0.1, 0.15) is 36.0 Å². The van der Waals surface area contributed by atoms with E-state index in [1.54, 1.807) is 12.1 Å². The van der Waals surface area contributed by atoms with E-state index < -0.39 is 16.0 Å². The van der Waals surface area contributed by atoms with Gasteiger partial charge in [0, 0.05) is 13.1 Å². The van der Waals surface area contributed by atoms with Crippen LogP contribution in [-0.4, -0.2) is 36.8 Å². The van der Waals surface area contributed by atoms with Crippen LogP contribution in [0, 0.1) is 5.92 Å². The maximum absolute atomic E-state index is 13.1. The van der Waals surface area contributed by atoms with E-state index in [0.717, 1.165) is 12.8 Å². The largest absolute Gasteiger partial charge is 0.452 e. The van der Waals surface area contributed by atoms with E-state index >= 15 is 0 Å². The zero-order valence-corrected chi connectivity index (χ0v) is 17.9. The SMILES string of the molecule is CC1CCCN(S(=O)(=O)c2cc(C(=O)OCc3nc4ccccc4o3)ccc2Cl)C1. The summed E-state index contributed by atoms with van der Waals surface area (Å²) in [5.41, 5.74) is 1.36. The molecule has 0 radical (unpaired) electrons. The lowest BCUT2D eigenvalue weighted by molar-refractivity contribution is 0.0440. The number of benzene rings is 2. The Bertz CT molecular complexity index is 1160. The third-order valence-electron chi connectivity index (χ3n) is 5.07. The molecule has 1 unspecified atom stereocenters. The minimum Gasteiger partial charge on any atom is -0.452 e. The quantitative estimate of drug-likeness (QED) is 0.542. The molecule has 30 heavy (non-hydrogen) atoms. The van der Waals surface area contributed by atoms with E-state index in [9.17, 15) is 13.2 Å². The maximum atomic E-state index is 13.1. The smallest absolute Gasteiger partial charge is 0.338 e. The average molecular weight is 449 g/mol. The van der Waals surface area contributed by atoms with E-state index in [4.69, 9.17) is 20.8 Å². The summed E-state index contributed by atoms with van der Waals surface area (Å²) < 4.78 is 38.4. The van der Waals surface area contributed by atoms with E-state index in [1.807, 2.05) is 19.1 Å².